The molecule has 0 aromatic carbocycles. The van der Waals surface area contributed by atoms with Gasteiger partial charge in [-0.05, 0) is 60.5 Å². The molecule has 0 atom stereocenters. The van der Waals surface area contributed by atoms with Gasteiger partial charge in [0.1, 0.15) is 5.60 Å². The van der Waals surface area contributed by atoms with Crippen molar-refractivity contribution in [3.8, 4) is 0 Å². The normalized spacial score (nSPS) is 12.0. The van der Waals surface area contributed by atoms with Gasteiger partial charge in [-0.2, -0.15) is 0 Å². The number of nitrogens with zero attached hydrogens (tertiary/aromatic N) is 2. The minimum atomic E-state index is -0.542. The summed E-state index contributed by atoms with van der Waals surface area (Å²) in [4.78, 5) is 28.3. The quantitative estimate of drug-likeness (QED) is 0.196. The lowest BCUT2D eigenvalue weighted by atomic mass is 10.1. The van der Waals surface area contributed by atoms with Crippen LogP contribution in [0.4, 0.5) is 4.79 Å². The third-order valence-corrected chi connectivity index (χ3v) is 3.83. The highest BCUT2D eigenvalue weighted by molar-refractivity contribution is 14.0. The average molecular weight is 535 g/mol. The molecule has 30 heavy (non-hydrogen) atoms. The van der Waals surface area contributed by atoms with Crippen molar-refractivity contribution < 1.29 is 9.53 Å². The second-order valence-corrected chi connectivity index (χ2v) is 8.57. The molecule has 0 fully saturated rings. The Hall–Kier alpha value is -1.78. The summed E-state index contributed by atoms with van der Waals surface area (Å²) in [6, 6.07) is 5.18. The molecule has 3 N–H and O–H groups in total. The van der Waals surface area contributed by atoms with Gasteiger partial charge in [-0.1, -0.05) is 6.07 Å². The SMILES string of the molecule is CCNC(=NCC(C)(C)NC(=O)OC(C)(C)C)NCCCCn1ccccc1=O.I. The fourth-order valence-electron chi connectivity index (χ4n) is 2.50. The molecular weight excluding hydrogens is 497 g/mol. The molecule has 1 aromatic heterocycles. The summed E-state index contributed by atoms with van der Waals surface area (Å²) in [6.45, 7) is 13.9. The number of aryl methyl sites for hydroxylation is 1. The number of carbonyl (C=O) groups is 1. The molecule has 0 saturated carbocycles. The van der Waals surface area contributed by atoms with E-state index in [4.69, 9.17) is 4.74 Å². The van der Waals surface area contributed by atoms with Crippen molar-refractivity contribution in [3.63, 3.8) is 0 Å². The highest BCUT2D eigenvalue weighted by Crippen LogP contribution is 2.09. The second kappa shape index (κ2) is 13.5. The van der Waals surface area contributed by atoms with Crippen molar-refractivity contribution in [3.05, 3.63) is 34.7 Å². The molecule has 1 rings (SSSR count). The van der Waals surface area contributed by atoms with Crippen LogP contribution in [0.3, 0.4) is 0 Å². The Bertz CT molecular complexity index is 726. The molecule has 9 heteroatoms. The van der Waals surface area contributed by atoms with Crippen LogP contribution in [0, 0.1) is 0 Å². The van der Waals surface area contributed by atoms with Crippen molar-refractivity contribution in [2.45, 2.75) is 72.1 Å². The number of unbranched alkanes of at least 4 members (excludes halogenated alkanes) is 1. The molecular formula is C21H38IN5O3. The molecule has 0 spiro atoms. The maximum Gasteiger partial charge on any atom is 0.408 e. The number of alkyl carbamates (subject to hydrolysis) is 1. The van der Waals surface area contributed by atoms with Crippen LogP contribution in [0.1, 0.15) is 54.4 Å². The van der Waals surface area contributed by atoms with Gasteiger partial charge >= 0.3 is 6.09 Å². The Morgan fingerprint density at radius 2 is 1.83 bits per heavy atom. The smallest absolute Gasteiger partial charge is 0.408 e. The van der Waals surface area contributed by atoms with E-state index >= 15 is 0 Å². The number of amides is 1. The average Bonchev–Trinajstić information content (AvgIpc) is 2.58. The van der Waals surface area contributed by atoms with Crippen molar-refractivity contribution in [2.24, 2.45) is 4.99 Å². The molecule has 1 aromatic rings. The van der Waals surface area contributed by atoms with Gasteiger partial charge in [0, 0.05) is 31.9 Å². The number of nitrogens with one attached hydrogen (secondary N) is 3. The number of guanidine groups is 1. The predicted molar refractivity (Wildman–Crippen MR) is 133 cm³/mol. The molecule has 0 aliphatic heterocycles. The number of ether oxygens (including phenoxy) is 1. The predicted octanol–water partition coefficient (Wildman–Crippen LogP) is 3.10. The van der Waals surface area contributed by atoms with Crippen molar-refractivity contribution in [1.29, 1.82) is 0 Å². The van der Waals surface area contributed by atoms with Crippen molar-refractivity contribution in [1.82, 2.24) is 20.5 Å². The molecule has 0 saturated heterocycles. The first-order valence-electron chi connectivity index (χ1n) is 10.2. The second-order valence-electron chi connectivity index (χ2n) is 8.57. The molecule has 172 valence electrons. The Labute approximate surface area is 197 Å². The van der Waals surface area contributed by atoms with E-state index in [1.165, 1.54) is 0 Å². The first-order chi connectivity index (χ1) is 13.5. The van der Waals surface area contributed by atoms with E-state index in [1.807, 2.05) is 47.6 Å². The zero-order chi connectivity index (χ0) is 21.9. The molecule has 0 radical (unpaired) electrons. The van der Waals surface area contributed by atoms with Crippen LogP contribution in [0.25, 0.3) is 0 Å². The number of hydrogen-bond acceptors (Lipinski definition) is 4. The fraction of sp³-hybridized carbons (Fsp3) is 0.667. The minimum Gasteiger partial charge on any atom is -0.444 e. The number of aromatic nitrogens is 1. The van der Waals surface area contributed by atoms with E-state index < -0.39 is 17.2 Å². The van der Waals surface area contributed by atoms with Gasteiger partial charge in [-0.3, -0.25) is 9.79 Å². The van der Waals surface area contributed by atoms with Crippen LogP contribution in [0.5, 0.6) is 0 Å². The molecule has 1 heterocycles. The van der Waals surface area contributed by atoms with Crippen LogP contribution in [0.15, 0.2) is 34.2 Å². The summed E-state index contributed by atoms with van der Waals surface area (Å²) >= 11 is 0. The first kappa shape index (κ1) is 28.2. The molecule has 1 amide bonds. The third-order valence-electron chi connectivity index (χ3n) is 3.83. The first-order valence-corrected chi connectivity index (χ1v) is 10.2. The van der Waals surface area contributed by atoms with Crippen LogP contribution in [-0.2, 0) is 11.3 Å². The lowest BCUT2D eigenvalue weighted by molar-refractivity contribution is 0.0476. The fourth-order valence-corrected chi connectivity index (χ4v) is 2.50. The Balaban J connectivity index is 0.00000841. The van der Waals surface area contributed by atoms with E-state index in [9.17, 15) is 9.59 Å². The van der Waals surface area contributed by atoms with Gasteiger partial charge in [0.25, 0.3) is 0 Å². The summed E-state index contributed by atoms with van der Waals surface area (Å²) in [6.07, 6.45) is 3.15. The maximum absolute atomic E-state index is 12.0. The van der Waals surface area contributed by atoms with Gasteiger partial charge in [0.2, 0.25) is 5.56 Å². The summed E-state index contributed by atoms with van der Waals surface area (Å²) in [5.41, 5.74) is -1.06. The largest absolute Gasteiger partial charge is 0.444 e. The number of halogens is 1. The summed E-state index contributed by atoms with van der Waals surface area (Å²) < 4.78 is 7.02. The zero-order valence-electron chi connectivity index (χ0n) is 19.1. The summed E-state index contributed by atoms with van der Waals surface area (Å²) in [5, 5.41) is 9.35. The minimum absolute atomic E-state index is 0. The lowest BCUT2D eigenvalue weighted by Gasteiger charge is -2.27. The van der Waals surface area contributed by atoms with Crippen LogP contribution in [0.2, 0.25) is 0 Å². The van der Waals surface area contributed by atoms with Crippen LogP contribution in [-0.4, -0.2) is 47.4 Å². The van der Waals surface area contributed by atoms with Gasteiger partial charge in [0.15, 0.2) is 5.96 Å². The number of aliphatic imine (C=N–C) groups is 1. The highest BCUT2D eigenvalue weighted by Gasteiger charge is 2.24. The molecule has 0 bridgehead atoms. The van der Waals surface area contributed by atoms with Crippen LogP contribution < -0.4 is 21.5 Å². The van der Waals surface area contributed by atoms with Crippen molar-refractivity contribution in [2.75, 3.05) is 19.6 Å². The zero-order valence-corrected chi connectivity index (χ0v) is 21.4. The highest BCUT2D eigenvalue weighted by atomic mass is 127. The van der Waals surface area contributed by atoms with Crippen LogP contribution >= 0.6 is 24.0 Å². The van der Waals surface area contributed by atoms with E-state index in [1.54, 1.807) is 22.9 Å². The Morgan fingerprint density at radius 1 is 1.13 bits per heavy atom. The van der Waals surface area contributed by atoms with Gasteiger partial charge in [-0.15, -0.1) is 24.0 Å². The lowest BCUT2D eigenvalue weighted by Crippen LogP contribution is -2.49. The number of rotatable bonds is 9. The summed E-state index contributed by atoms with van der Waals surface area (Å²) in [5.74, 6) is 0.698. The van der Waals surface area contributed by atoms with Crippen molar-refractivity contribution >= 4 is 36.0 Å². The topological polar surface area (TPSA) is 96.8 Å². The molecule has 0 aliphatic rings. The number of hydrogen-bond donors (Lipinski definition) is 3. The Kier molecular flexibility index (Phi) is 12.7. The van der Waals surface area contributed by atoms with E-state index in [0.29, 0.717) is 19.0 Å². The van der Waals surface area contributed by atoms with E-state index in [2.05, 4.69) is 20.9 Å². The maximum atomic E-state index is 12.0. The van der Waals surface area contributed by atoms with E-state index in [-0.39, 0.29) is 29.5 Å². The molecule has 8 nitrogen and oxygen atoms in total. The number of carbonyl (C=O) groups excluding carboxylic acids is 1. The Morgan fingerprint density at radius 3 is 2.43 bits per heavy atom. The third kappa shape index (κ3) is 12.7. The molecule has 0 aliphatic carbocycles. The summed E-state index contributed by atoms with van der Waals surface area (Å²) in [7, 11) is 0. The standard InChI is InChI=1S/C21H37N5O3.HI/c1-7-22-18(23-13-9-11-15-26-14-10-8-12-17(26)27)24-16-21(5,6)25-19(28)29-20(2,3)4;/h8,10,12,14H,7,9,11,13,15-16H2,1-6H3,(H,25,28)(H2,22,23,24);1H. The van der Waals surface area contributed by atoms with E-state index in [0.717, 1.165) is 25.9 Å². The molecule has 0 unspecified atom stereocenters. The van der Waals surface area contributed by atoms with Gasteiger partial charge in [-0.25, -0.2) is 4.79 Å². The van der Waals surface area contributed by atoms with Gasteiger partial charge in [0.05, 0.1) is 12.1 Å². The monoisotopic (exact) mass is 535 g/mol. The van der Waals surface area contributed by atoms with Gasteiger partial charge < -0.3 is 25.3 Å². The number of pyridine rings is 1.